The Morgan fingerprint density at radius 1 is 1.18 bits per heavy atom. The quantitative estimate of drug-likeness (QED) is 0.845. The molecule has 6 heteroatoms. The summed E-state index contributed by atoms with van der Waals surface area (Å²) in [5.41, 5.74) is 0.209. The van der Waals surface area contributed by atoms with Crippen LogP contribution >= 0.6 is 12.4 Å². The van der Waals surface area contributed by atoms with Gasteiger partial charge < -0.3 is 10.1 Å². The molecule has 0 aromatic heterocycles. The van der Waals surface area contributed by atoms with E-state index in [-0.39, 0.29) is 18.4 Å². The van der Waals surface area contributed by atoms with Gasteiger partial charge in [-0.25, -0.2) is 0 Å². The third-order valence-corrected chi connectivity index (χ3v) is 2.56. The topological polar surface area (TPSA) is 21.3 Å². The van der Waals surface area contributed by atoms with E-state index in [1.807, 2.05) is 0 Å². The molecule has 0 aliphatic carbocycles. The number of halogens is 4. The van der Waals surface area contributed by atoms with Gasteiger partial charge in [-0.05, 0) is 17.7 Å². The molecule has 1 aromatic rings. The van der Waals surface area contributed by atoms with Crippen LogP contribution in [-0.4, -0.2) is 19.8 Å². The maximum atomic E-state index is 12.3. The largest absolute Gasteiger partial charge is 0.416 e. The standard InChI is InChI=1S/C11H12F3NO.ClH/c12-11(13,14)9-3-1-8(2-4-9)10-7-16-6-5-15-10;/h1-4,10,15H,5-7H2;1H/t10-;/m0./s1. The van der Waals surface area contributed by atoms with Crippen molar-refractivity contribution in [2.45, 2.75) is 12.2 Å². The molecule has 0 unspecified atom stereocenters. The van der Waals surface area contributed by atoms with E-state index in [2.05, 4.69) is 5.32 Å². The second-order valence-electron chi connectivity index (χ2n) is 3.70. The van der Waals surface area contributed by atoms with Gasteiger partial charge in [0.25, 0.3) is 0 Å². The SMILES string of the molecule is Cl.FC(F)(F)c1ccc([C@@H]2COCCN2)cc1. The summed E-state index contributed by atoms with van der Waals surface area (Å²) < 4.78 is 42.2. The highest BCUT2D eigenvalue weighted by atomic mass is 35.5. The Bertz CT molecular complexity index is 347. The van der Waals surface area contributed by atoms with Crippen LogP contribution in [0.3, 0.4) is 0 Å². The maximum Gasteiger partial charge on any atom is 0.416 e. The van der Waals surface area contributed by atoms with E-state index >= 15 is 0 Å². The molecule has 0 bridgehead atoms. The molecule has 96 valence electrons. The van der Waals surface area contributed by atoms with Crippen LogP contribution in [0.5, 0.6) is 0 Å². The van der Waals surface area contributed by atoms with Crippen LogP contribution in [0.15, 0.2) is 24.3 Å². The van der Waals surface area contributed by atoms with Gasteiger partial charge in [0.1, 0.15) is 0 Å². The average Bonchev–Trinajstić information content (AvgIpc) is 2.29. The zero-order chi connectivity index (χ0) is 11.6. The molecular weight excluding hydrogens is 255 g/mol. The highest BCUT2D eigenvalue weighted by Crippen LogP contribution is 2.30. The number of alkyl halides is 3. The Hall–Kier alpha value is -0.780. The van der Waals surface area contributed by atoms with Crippen LogP contribution in [0.2, 0.25) is 0 Å². The van der Waals surface area contributed by atoms with Crippen molar-refractivity contribution < 1.29 is 17.9 Å². The first-order chi connectivity index (χ1) is 7.57. The molecule has 1 aliphatic heterocycles. The van der Waals surface area contributed by atoms with E-state index in [4.69, 9.17) is 4.74 Å². The summed E-state index contributed by atoms with van der Waals surface area (Å²) in [6.45, 7) is 1.88. The Morgan fingerprint density at radius 2 is 1.82 bits per heavy atom. The molecule has 0 radical (unpaired) electrons. The number of hydrogen-bond acceptors (Lipinski definition) is 2. The van der Waals surface area contributed by atoms with Crippen LogP contribution in [0.1, 0.15) is 17.2 Å². The van der Waals surface area contributed by atoms with E-state index < -0.39 is 11.7 Å². The lowest BCUT2D eigenvalue weighted by Gasteiger charge is -2.24. The zero-order valence-electron chi connectivity index (χ0n) is 8.96. The van der Waals surface area contributed by atoms with Gasteiger partial charge in [-0.1, -0.05) is 12.1 Å². The number of rotatable bonds is 1. The van der Waals surface area contributed by atoms with E-state index in [0.29, 0.717) is 13.2 Å². The van der Waals surface area contributed by atoms with E-state index in [9.17, 15) is 13.2 Å². The summed E-state index contributed by atoms with van der Waals surface area (Å²) in [4.78, 5) is 0. The molecule has 1 atom stereocenters. The van der Waals surface area contributed by atoms with Gasteiger partial charge in [-0.2, -0.15) is 13.2 Å². The van der Waals surface area contributed by atoms with Crippen LogP contribution < -0.4 is 5.32 Å². The smallest absolute Gasteiger partial charge is 0.378 e. The van der Waals surface area contributed by atoms with Crippen molar-refractivity contribution in [2.75, 3.05) is 19.8 Å². The summed E-state index contributed by atoms with van der Waals surface area (Å²) in [6, 6.07) is 5.19. The third-order valence-electron chi connectivity index (χ3n) is 2.56. The summed E-state index contributed by atoms with van der Waals surface area (Å²) in [5.74, 6) is 0. The van der Waals surface area contributed by atoms with Crippen LogP contribution in [0.4, 0.5) is 13.2 Å². The number of benzene rings is 1. The summed E-state index contributed by atoms with van der Waals surface area (Å²) in [7, 11) is 0. The highest BCUT2D eigenvalue weighted by Gasteiger charge is 2.30. The predicted molar refractivity (Wildman–Crippen MR) is 60.3 cm³/mol. The number of morpholine rings is 1. The van der Waals surface area contributed by atoms with Gasteiger partial charge in [0.05, 0.1) is 24.8 Å². The lowest BCUT2D eigenvalue weighted by atomic mass is 10.0. The summed E-state index contributed by atoms with van der Waals surface area (Å²) >= 11 is 0. The normalized spacial score (nSPS) is 20.8. The second-order valence-corrected chi connectivity index (χ2v) is 3.70. The fourth-order valence-electron chi connectivity index (χ4n) is 1.68. The molecular formula is C11H13ClF3NO. The monoisotopic (exact) mass is 267 g/mol. The summed E-state index contributed by atoms with van der Waals surface area (Å²) in [5, 5.41) is 3.19. The predicted octanol–water partition coefficient (Wildman–Crippen LogP) is 2.79. The van der Waals surface area contributed by atoms with E-state index in [1.54, 1.807) is 0 Å². The average molecular weight is 268 g/mol. The molecule has 1 aliphatic rings. The minimum absolute atomic E-state index is 0. The molecule has 1 aromatic carbocycles. The molecule has 2 nitrogen and oxygen atoms in total. The Morgan fingerprint density at radius 3 is 2.29 bits per heavy atom. The second kappa shape index (κ2) is 5.71. The summed E-state index contributed by atoms with van der Waals surface area (Å²) in [6.07, 6.45) is -4.27. The van der Waals surface area contributed by atoms with Crippen LogP contribution in [0, 0.1) is 0 Å². The third kappa shape index (κ3) is 3.59. The first-order valence-electron chi connectivity index (χ1n) is 5.05. The fraction of sp³-hybridized carbons (Fsp3) is 0.455. The molecule has 1 saturated heterocycles. The van der Waals surface area contributed by atoms with E-state index in [0.717, 1.165) is 24.2 Å². The molecule has 2 rings (SSSR count). The van der Waals surface area contributed by atoms with Crippen molar-refractivity contribution >= 4 is 12.4 Å². The Labute approximate surface area is 104 Å². The number of hydrogen-bond donors (Lipinski definition) is 1. The zero-order valence-corrected chi connectivity index (χ0v) is 9.77. The molecule has 1 heterocycles. The first-order valence-corrected chi connectivity index (χ1v) is 5.05. The fourth-order valence-corrected chi connectivity index (χ4v) is 1.68. The van der Waals surface area contributed by atoms with Crippen molar-refractivity contribution in [1.29, 1.82) is 0 Å². The minimum Gasteiger partial charge on any atom is -0.378 e. The van der Waals surface area contributed by atoms with Gasteiger partial charge in [-0.15, -0.1) is 12.4 Å². The van der Waals surface area contributed by atoms with Gasteiger partial charge in [-0.3, -0.25) is 0 Å². The van der Waals surface area contributed by atoms with Crippen LogP contribution in [0.25, 0.3) is 0 Å². The van der Waals surface area contributed by atoms with E-state index in [1.165, 1.54) is 12.1 Å². The Balaban J connectivity index is 0.00000144. The van der Waals surface area contributed by atoms with Crippen molar-refractivity contribution in [2.24, 2.45) is 0 Å². The lowest BCUT2D eigenvalue weighted by Crippen LogP contribution is -2.34. The Kier molecular flexibility index (Phi) is 4.80. The van der Waals surface area contributed by atoms with Crippen molar-refractivity contribution in [1.82, 2.24) is 5.32 Å². The lowest BCUT2D eigenvalue weighted by molar-refractivity contribution is -0.137. The van der Waals surface area contributed by atoms with Gasteiger partial charge in [0, 0.05) is 6.54 Å². The molecule has 0 saturated carbocycles. The first kappa shape index (κ1) is 14.3. The van der Waals surface area contributed by atoms with Gasteiger partial charge in [0.15, 0.2) is 0 Å². The van der Waals surface area contributed by atoms with Gasteiger partial charge in [0.2, 0.25) is 0 Å². The number of nitrogens with one attached hydrogen (secondary N) is 1. The molecule has 17 heavy (non-hydrogen) atoms. The highest BCUT2D eigenvalue weighted by molar-refractivity contribution is 5.85. The molecule has 0 spiro atoms. The van der Waals surface area contributed by atoms with Gasteiger partial charge >= 0.3 is 6.18 Å². The van der Waals surface area contributed by atoms with Crippen molar-refractivity contribution in [3.8, 4) is 0 Å². The molecule has 1 fully saturated rings. The number of ether oxygens (including phenoxy) is 1. The minimum atomic E-state index is -4.27. The molecule has 0 amide bonds. The maximum absolute atomic E-state index is 12.3. The van der Waals surface area contributed by atoms with Crippen molar-refractivity contribution in [3.63, 3.8) is 0 Å². The molecule has 1 N–H and O–H groups in total. The van der Waals surface area contributed by atoms with Crippen molar-refractivity contribution in [3.05, 3.63) is 35.4 Å². The van der Waals surface area contributed by atoms with Crippen LogP contribution in [-0.2, 0) is 10.9 Å².